The van der Waals surface area contributed by atoms with Crippen molar-refractivity contribution < 1.29 is 38.1 Å². The number of carbonyl (C=O) groups excluding carboxylic acids is 4. The lowest BCUT2D eigenvalue weighted by molar-refractivity contribution is -0.132. The summed E-state index contributed by atoms with van der Waals surface area (Å²) in [6.07, 6.45) is 0. The first kappa shape index (κ1) is 34.8. The second-order valence-corrected chi connectivity index (χ2v) is 11.8. The Kier molecular flexibility index (Phi) is 9.94. The summed E-state index contributed by atoms with van der Waals surface area (Å²) >= 11 is 0. The van der Waals surface area contributed by atoms with E-state index in [0.29, 0.717) is 11.1 Å². The van der Waals surface area contributed by atoms with Gasteiger partial charge in [-0.15, -0.1) is 0 Å². The number of carbonyl (C=O) groups is 4. The summed E-state index contributed by atoms with van der Waals surface area (Å²) in [5.41, 5.74) is 3.71. The van der Waals surface area contributed by atoms with Crippen LogP contribution >= 0.6 is 0 Å². The van der Waals surface area contributed by atoms with Crippen LogP contribution < -0.4 is 18.9 Å². The highest BCUT2D eigenvalue weighted by Gasteiger charge is 2.22. The number of rotatable bonds is 10. The molecule has 0 aromatic heterocycles. The van der Waals surface area contributed by atoms with Crippen molar-refractivity contribution in [3.8, 4) is 45.3 Å². The smallest absolute Gasteiger partial charge is 0.338 e. The molecule has 0 bridgehead atoms. The predicted octanol–water partition coefficient (Wildman–Crippen LogP) is 9.25. The molecule has 50 heavy (non-hydrogen) atoms. The number of fused-ring (bicyclic) bond motifs is 2. The van der Waals surface area contributed by atoms with Crippen LogP contribution in [0.25, 0.3) is 43.8 Å². The van der Waals surface area contributed by atoms with Crippen LogP contribution in [0.4, 0.5) is 0 Å². The molecule has 0 aliphatic heterocycles. The monoisotopic (exact) mass is 666 g/mol. The van der Waals surface area contributed by atoms with Crippen molar-refractivity contribution in [3.05, 3.63) is 134 Å². The quantitative estimate of drug-likeness (QED) is 0.0629. The predicted molar refractivity (Wildman–Crippen MR) is 194 cm³/mol. The van der Waals surface area contributed by atoms with Crippen LogP contribution in [0.2, 0.25) is 0 Å². The fourth-order valence-corrected chi connectivity index (χ4v) is 5.15. The number of ether oxygens (including phenoxy) is 4. The SMILES string of the molecule is C=C(C)C(=O)Oc1ccc(-c2c3ccccc3c(-c3ccc(OC(=O)C(=C)C)c(OC(=O)C(=C)C)c3)c3ccccc23)cc1OC(=O)C(=C)C. The fourth-order valence-electron chi connectivity index (χ4n) is 5.15. The summed E-state index contributed by atoms with van der Waals surface area (Å²) in [6.45, 7) is 20.7. The molecule has 0 fully saturated rings. The van der Waals surface area contributed by atoms with Crippen LogP contribution in [-0.4, -0.2) is 23.9 Å². The van der Waals surface area contributed by atoms with Gasteiger partial charge in [-0.2, -0.15) is 0 Å². The van der Waals surface area contributed by atoms with Crippen molar-refractivity contribution in [1.29, 1.82) is 0 Å². The second kappa shape index (κ2) is 14.3. The molecule has 0 spiro atoms. The van der Waals surface area contributed by atoms with Crippen molar-refractivity contribution in [1.82, 2.24) is 0 Å². The first-order valence-corrected chi connectivity index (χ1v) is 15.5. The van der Waals surface area contributed by atoms with Gasteiger partial charge in [-0.1, -0.05) is 87.0 Å². The Morgan fingerprint density at radius 1 is 0.400 bits per heavy atom. The van der Waals surface area contributed by atoms with Crippen LogP contribution in [0, 0.1) is 0 Å². The molecular formula is C42H34O8. The lowest BCUT2D eigenvalue weighted by Crippen LogP contribution is -2.13. The Labute approximate surface area is 289 Å². The summed E-state index contributed by atoms with van der Waals surface area (Å²) in [6, 6.07) is 25.5. The van der Waals surface area contributed by atoms with Crippen LogP contribution in [0.1, 0.15) is 27.7 Å². The van der Waals surface area contributed by atoms with Crippen LogP contribution in [-0.2, 0) is 19.2 Å². The highest BCUT2D eigenvalue weighted by molar-refractivity contribution is 6.21. The third-order valence-corrected chi connectivity index (χ3v) is 7.60. The van der Waals surface area contributed by atoms with Gasteiger partial charge in [0, 0.05) is 22.3 Å². The van der Waals surface area contributed by atoms with Gasteiger partial charge in [-0.3, -0.25) is 0 Å². The number of esters is 4. The molecule has 0 amide bonds. The van der Waals surface area contributed by atoms with E-state index in [1.165, 1.54) is 27.7 Å². The third-order valence-electron chi connectivity index (χ3n) is 7.60. The Hall–Kier alpha value is -6.54. The zero-order chi connectivity index (χ0) is 36.3. The average Bonchev–Trinajstić information content (AvgIpc) is 3.08. The Morgan fingerprint density at radius 3 is 0.920 bits per heavy atom. The maximum Gasteiger partial charge on any atom is 0.338 e. The van der Waals surface area contributed by atoms with E-state index in [2.05, 4.69) is 26.3 Å². The maximum absolute atomic E-state index is 12.7. The molecule has 0 atom stereocenters. The minimum absolute atomic E-state index is 0.0335. The van der Waals surface area contributed by atoms with E-state index in [1.807, 2.05) is 48.5 Å². The van der Waals surface area contributed by atoms with Gasteiger partial charge in [0.15, 0.2) is 23.0 Å². The third kappa shape index (κ3) is 7.15. The van der Waals surface area contributed by atoms with Gasteiger partial charge >= 0.3 is 23.9 Å². The Bertz CT molecular complexity index is 2090. The minimum Gasteiger partial charge on any atom is -0.419 e. The van der Waals surface area contributed by atoms with Gasteiger partial charge < -0.3 is 18.9 Å². The highest BCUT2D eigenvalue weighted by Crippen LogP contribution is 2.46. The molecule has 0 saturated carbocycles. The van der Waals surface area contributed by atoms with Gasteiger partial charge in [0.1, 0.15) is 0 Å². The standard InChI is InChI=1S/C42H34O8/c1-23(2)39(43)47-33-19-17-27(21-35(33)49-41(45)25(5)6)37-29-13-9-11-15-31(29)38(32-16-12-10-14-30(32)37)28-18-20-34(48-40(44)24(3)4)36(22-28)50-42(46)26(7)8/h9-22H,1,3,5,7H2,2,4,6,8H3. The van der Waals surface area contributed by atoms with Crippen LogP contribution in [0.3, 0.4) is 0 Å². The van der Waals surface area contributed by atoms with Crippen molar-refractivity contribution >= 4 is 45.4 Å². The molecule has 5 aromatic rings. The lowest BCUT2D eigenvalue weighted by Gasteiger charge is -2.19. The molecule has 0 heterocycles. The van der Waals surface area contributed by atoms with Crippen molar-refractivity contribution in [2.45, 2.75) is 27.7 Å². The maximum atomic E-state index is 12.7. The fraction of sp³-hybridized carbons (Fsp3) is 0.0952. The Morgan fingerprint density at radius 2 is 0.660 bits per heavy atom. The van der Waals surface area contributed by atoms with E-state index in [9.17, 15) is 19.2 Å². The molecule has 0 N–H and O–H groups in total. The second-order valence-electron chi connectivity index (χ2n) is 11.8. The molecule has 8 nitrogen and oxygen atoms in total. The first-order chi connectivity index (χ1) is 23.8. The van der Waals surface area contributed by atoms with E-state index in [0.717, 1.165) is 32.7 Å². The van der Waals surface area contributed by atoms with Gasteiger partial charge in [0.2, 0.25) is 0 Å². The van der Waals surface area contributed by atoms with Crippen molar-refractivity contribution in [2.24, 2.45) is 0 Å². The molecule has 8 heteroatoms. The summed E-state index contributed by atoms with van der Waals surface area (Å²) in [5, 5.41) is 3.40. The number of benzene rings is 5. The zero-order valence-electron chi connectivity index (χ0n) is 28.2. The van der Waals surface area contributed by atoms with Crippen molar-refractivity contribution in [2.75, 3.05) is 0 Å². The van der Waals surface area contributed by atoms with E-state index < -0.39 is 23.9 Å². The van der Waals surface area contributed by atoms with E-state index >= 15 is 0 Å². The largest absolute Gasteiger partial charge is 0.419 e. The van der Waals surface area contributed by atoms with Crippen LogP contribution in [0.15, 0.2) is 134 Å². The van der Waals surface area contributed by atoms with E-state index in [1.54, 1.807) is 36.4 Å². The van der Waals surface area contributed by atoms with E-state index in [4.69, 9.17) is 18.9 Å². The summed E-state index contributed by atoms with van der Waals surface area (Å²) < 4.78 is 22.3. The lowest BCUT2D eigenvalue weighted by atomic mass is 9.86. The average molecular weight is 667 g/mol. The van der Waals surface area contributed by atoms with Crippen LogP contribution in [0.5, 0.6) is 23.0 Å². The number of hydrogen-bond donors (Lipinski definition) is 0. The van der Waals surface area contributed by atoms with Gasteiger partial charge in [-0.05, 0) is 95.8 Å². The summed E-state index contributed by atoms with van der Waals surface area (Å²) in [4.78, 5) is 50.2. The molecular weight excluding hydrogens is 632 g/mol. The topological polar surface area (TPSA) is 105 Å². The minimum atomic E-state index is -0.680. The zero-order valence-corrected chi connectivity index (χ0v) is 28.2. The van der Waals surface area contributed by atoms with Gasteiger partial charge in [0.25, 0.3) is 0 Å². The molecule has 5 aromatic carbocycles. The Balaban J connectivity index is 1.77. The summed E-state index contributed by atoms with van der Waals surface area (Å²) in [5.74, 6) is -2.53. The van der Waals surface area contributed by atoms with Gasteiger partial charge in [0.05, 0.1) is 0 Å². The molecule has 0 aliphatic carbocycles. The highest BCUT2D eigenvalue weighted by atomic mass is 16.6. The first-order valence-electron chi connectivity index (χ1n) is 15.5. The normalized spacial score (nSPS) is 10.6. The van der Waals surface area contributed by atoms with Gasteiger partial charge in [-0.25, -0.2) is 19.2 Å². The molecule has 0 saturated heterocycles. The molecule has 0 unspecified atom stereocenters. The summed E-state index contributed by atoms with van der Waals surface area (Å²) in [7, 11) is 0. The number of hydrogen-bond acceptors (Lipinski definition) is 8. The van der Waals surface area contributed by atoms with E-state index in [-0.39, 0.29) is 45.3 Å². The molecule has 0 aliphatic rings. The van der Waals surface area contributed by atoms with Crippen molar-refractivity contribution in [3.63, 3.8) is 0 Å². The molecule has 250 valence electrons. The molecule has 5 rings (SSSR count). The molecule has 0 radical (unpaired) electrons.